The minimum absolute atomic E-state index is 0.165. The van der Waals surface area contributed by atoms with Gasteiger partial charge in [-0.3, -0.25) is 4.79 Å². The molecule has 0 heterocycles. The van der Waals surface area contributed by atoms with Crippen LogP contribution < -0.4 is 15.8 Å². The minimum Gasteiger partial charge on any atom is -0.496 e. The fourth-order valence-corrected chi connectivity index (χ4v) is 1.71. The molecule has 112 valence electrons. The first-order chi connectivity index (χ1) is 9.58. The molecular weight excluding hydrogens is 258 g/mol. The molecule has 20 heavy (non-hydrogen) atoms. The van der Waals surface area contributed by atoms with Gasteiger partial charge in [-0.15, -0.1) is 0 Å². The number of hydrogen-bond acceptors (Lipinski definition) is 5. The third-order valence-electron chi connectivity index (χ3n) is 2.93. The van der Waals surface area contributed by atoms with E-state index in [0.717, 1.165) is 13.1 Å². The van der Waals surface area contributed by atoms with Crippen molar-refractivity contribution in [2.45, 2.75) is 0 Å². The van der Waals surface area contributed by atoms with Gasteiger partial charge in [0.15, 0.2) is 0 Å². The van der Waals surface area contributed by atoms with Crippen LogP contribution >= 0.6 is 0 Å². The molecule has 0 saturated heterocycles. The Morgan fingerprint density at radius 1 is 1.35 bits per heavy atom. The van der Waals surface area contributed by atoms with Crippen LogP contribution in [0.15, 0.2) is 18.2 Å². The number of carbonyl (C=O) groups is 1. The maximum Gasteiger partial charge on any atom is 0.255 e. The molecule has 0 atom stereocenters. The molecule has 0 aromatic heterocycles. The summed E-state index contributed by atoms with van der Waals surface area (Å²) in [5, 5.41) is 2.86. The molecule has 6 nitrogen and oxygen atoms in total. The first kappa shape index (κ1) is 16.3. The molecule has 0 saturated carbocycles. The molecule has 1 aromatic carbocycles. The molecular formula is C14H23N3O3. The van der Waals surface area contributed by atoms with Crippen molar-refractivity contribution < 1.29 is 14.3 Å². The summed E-state index contributed by atoms with van der Waals surface area (Å²) in [5.41, 5.74) is 6.71. The molecule has 1 rings (SSSR count). The minimum atomic E-state index is -0.165. The number of likely N-dealkylation sites (N-methyl/N-ethyl adjacent to an activating group) is 1. The fourth-order valence-electron chi connectivity index (χ4n) is 1.71. The number of carbonyl (C=O) groups excluding carboxylic acids is 1. The van der Waals surface area contributed by atoms with E-state index in [1.165, 1.54) is 7.11 Å². The molecule has 0 radical (unpaired) electrons. The van der Waals surface area contributed by atoms with E-state index in [0.29, 0.717) is 30.2 Å². The number of nitrogens with two attached hydrogens (primary N) is 1. The first-order valence-corrected chi connectivity index (χ1v) is 6.47. The highest BCUT2D eigenvalue weighted by Crippen LogP contribution is 2.21. The summed E-state index contributed by atoms with van der Waals surface area (Å²) >= 11 is 0. The predicted molar refractivity (Wildman–Crippen MR) is 79.1 cm³/mol. The van der Waals surface area contributed by atoms with Gasteiger partial charge in [0.2, 0.25) is 0 Å². The van der Waals surface area contributed by atoms with Gasteiger partial charge in [-0.1, -0.05) is 0 Å². The molecule has 0 fully saturated rings. The highest BCUT2D eigenvalue weighted by atomic mass is 16.5. The second-order valence-corrected chi connectivity index (χ2v) is 4.51. The summed E-state index contributed by atoms with van der Waals surface area (Å²) in [6.45, 7) is 2.83. The normalized spacial score (nSPS) is 10.6. The number of rotatable bonds is 8. The Kier molecular flexibility index (Phi) is 6.83. The Hall–Kier alpha value is -1.79. The Labute approximate surface area is 119 Å². The van der Waals surface area contributed by atoms with Crippen LogP contribution in [0.5, 0.6) is 5.75 Å². The lowest BCUT2D eigenvalue weighted by Crippen LogP contribution is -2.34. The Balaban J connectivity index is 2.47. The lowest BCUT2D eigenvalue weighted by atomic mass is 10.1. The summed E-state index contributed by atoms with van der Waals surface area (Å²) < 4.78 is 10.2. The third-order valence-corrected chi connectivity index (χ3v) is 2.93. The van der Waals surface area contributed by atoms with Gasteiger partial charge in [-0.25, -0.2) is 0 Å². The van der Waals surface area contributed by atoms with Crippen molar-refractivity contribution in [1.29, 1.82) is 0 Å². The second-order valence-electron chi connectivity index (χ2n) is 4.51. The van der Waals surface area contributed by atoms with E-state index in [1.54, 1.807) is 25.3 Å². The van der Waals surface area contributed by atoms with Crippen LogP contribution in [0.25, 0.3) is 0 Å². The number of anilines is 1. The average Bonchev–Trinajstić information content (AvgIpc) is 2.44. The second kappa shape index (κ2) is 8.39. The van der Waals surface area contributed by atoms with Crippen molar-refractivity contribution in [1.82, 2.24) is 10.2 Å². The van der Waals surface area contributed by atoms with E-state index in [9.17, 15) is 4.79 Å². The van der Waals surface area contributed by atoms with Crippen molar-refractivity contribution in [2.75, 3.05) is 53.2 Å². The summed E-state index contributed by atoms with van der Waals surface area (Å²) in [5.74, 6) is 0.317. The van der Waals surface area contributed by atoms with E-state index < -0.39 is 0 Å². The Bertz CT molecular complexity index is 438. The van der Waals surface area contributed by atoms with Crippen molar-refractivity contribution in [3.05, 3.63) is 23.8 Å². The number of hydrogen-bond donors (Lipinski definition) is 2. The largest absolute Gasteiger partial charge is 0.496 e. The molecule has 0 aliphatic rings. The summed E-state index contributed by atoms with van der Waals surface area (Å²) in [6, 6.07) is 4.99. The Morgan fingerprint density at radius 3 is 2.75 bits per heavy atom. The quantitative estimate of drug-likeness (QED) is 0.682. The maximum atomic E-state index is 12.1. The highest BCUT2D eigenvalue weighted by Gasteiger charge is 2.12. The maximum absolute atomic E-state index is 12.1. The SMILES string of the molecule is COCCN(C)CCNC(=O)c1ccc(N)cc1OC. The van der Waals surface area contributed by atoms with E-state index in [-0.39, 0.29) is 5.91 Å². The molecule has 1 amide bonds. The van der Waals surface area contributed by atoms with Crippen molar-refractivity contribution in [2.24, 2.45) is 0 Å². The molecule has 0 unspecified atom stereocenters. The molecule has 1 aromatic rings. The van der Waals surface area contributed by atoms with Crippen LogP contribution in [0.1, 0.15) is 10.4 Å². The zero-order chi connectivity index (χ0) is 15.0. The number of methoxy groups -OCH3 is 2. The van der Waals surface area contributed by atoms with Crippen LogP contribution in [0, 0.1) is 0 Å². The zero-order valence-electron chi connectivity index (χ0n) is 12.3. The topological polar surface area (TPSA) is 76.8 Å². The monoisotopic (exact) mass is 281 g/mol. The van der Waals surface area contributed by atoms with Crippen LogP contribution in [-0.4, -0.2) is 58.3 Å². The van der Waals surface area contributed by atoms with Gasteiger partial charge >= 0.3 is 0 Å². The first-order valence-electron chi connectivity index (χ1n) is 6.47. The number of amides is 1. The summed E-state index contributed by atoms with van der Waals surface area (Å²) in [4.78, 5) is 14.1. The highest BCUT2D eigenvalue weighted by molar-refractivity contribution is 5.97. The average molecular weight is 281 g/mol. The molecule has 0 aliphatic heterocycles. The van der Waals surface area contributed by atoms with Gasteiger partial charge in [0.1, 0.15) is 5.75 Å². The van der Waals surface area contributed by atoms with Crippen LogP contribution in [0.3, 0.4) is 0 Å². The number of nitrogens with one attached hydrogen (secondary N) is 1. The van der Waals surface area contributed by atoms with Gasteiger partial charge < -0.3 is 25.4 Å². The van der Waals surface area contributed by atoms with Crippen molar-refractivity contribution >= 4 is 11.6 Å². The molecule has 0 spiro atoms. The number of nitrogen functional groups attached to an aromatic ring is 1. The van der Waals surface area contributed by atoms with Gasteiger partial charge in [0.25, 0.3) is 5.91 Å². The lowest BCUT2D eigenvalue weighted by molar-refractivity contribution is 0.0944. The van der Waals surface area contributed by atoms with E-state index in [2.05, 4.69) is 10.2 Å². The fraction of sp³-hybridized carbons (Fsp3) is 0.500. The van der Waals surface area contributed by atoms with E-state index >= 15 is 0 Å². The smallest absolute Gasteiger partial charge is 0.255 e. The van der Waals surface area contributed by atoms with E-state index in [4.69, 9.17) is 15.2 Å². The van der Waals surface area contributed by atoms with Crippen LogP contribution in [-0.2, 0) is 4.74 Å². The zero-order valence-corrected chi connectivity index (χ0v) is 12.3. The summed E-state index contributed by atoms with van der Waals surface area (Å²) in [6.07, 6.45) is 0. The molecule has 0 bridgehead atoms. The van der Waals surface area contributed by atoms with Crippen LogP contribution in [0.4, 0.5) is 5.69 Å². The van der Waals surface area contributed by atoms with Crippen LogP contribution in [0.2, 0.25) is 0 Å². The van der Waals surface area contributed by atoms with Gasteiger partial charge in [-0.05, 0) is 19.2 Å². The third kappa shape index (κ3) is 5.07. The Morgan fingerprint density at radius 2 is 2.10 bits per heavy atom. The number of ether oxygens (including phenoxy) is 2. The standard InChI is InChI=1S/C14H23N3O3/c1-17(8-9-19-2)7-6-16-14(18)12-5-4-11(15)10-13(12)20-3/h4-5,10H,6-9,15H2,1-3H3,(H,16,18). The number of benzene rings is 1. The van der Waals surface area contributed by atoms with Crippen molar-refractivity contribution in [3.63, 3.8) is 0 Å². The molecule has 3 N–H and O–H groups in total. The number of nitrogens with zero attached hydrogens (tertiary/aromatic N) is 1. The van der Waals surface area contributed by atoms with Gasteiger partial charge in [0, 0.05) is 38.5 Å². The molecule has 0 aliphatic carbocycles. The molecule has 6 heteroatoms. The van der Waals surface area contributed by atoms with E-state index in [1.807, 2.05) is 7.05 Å². The summed E-state index contributed by atoms with van der Waals surface area (Å²) in [7, 11) is 5.17. The van der Waals surface area contributed by atoms with Gasteiger partial charge in [0.05, 0.1) is 19.3 Å². The van der Waals surface area contributed by atoms with Crippen molar-refractivity contribution in [3.8, 4) is 5.75 Å². The van der Waals surface area contributed by atoms with Gasteiger partial charge in [-0.2, -0.15) is 0 Å². The lowest BCUT2D eigenvalue weighted by Gasteiger charge is -2.16. The predicted octanol–water partition coefficient (Wildman–Crippen LogP) is 0.585.